The van der Waals surface area contributed by atoms with Crippen LogP contribution in [0, 0.1) is 19.9 Å². The van der Waals surface area contributed by atoms with Crippen LogP contribution >= 0.6 is 0 Å². The fraction of sp³-hybridized carbons (Fsp3) is 0.138. The summed E-state index contributed by atoms with van der Waals surface area (Å²) >= 11 is -0.388. The SMILES string of the molecule is Cc1ccc(S(=O)(=O)[O-])cc1.O=C(NCCc1ccccc1[I+]c1ccc(F)cc1)OCc1ccccc1. The second-order valence-electron chi connectivity index (χ2n) is 8.13. The molecule has 38 heavy (non-hydrogen) atoms. The molecule has 4 aromatic carbocycles. The summed E-state index contributed by atoms with van der Waals surface area (Å²) in [5.41, 5.74) is 3.09. The number of carbonyl (C=O) groups is 1. The highest BCUT2D eigenvalue weighted by Crippen LogP contribution is 2.08. The normalized spacial score (nSPS) is 10.7. The van der Waals surface area contributed by atoms with Crippen molar-refractivity contribution in [3.63, 3.8) is 0 Å². The molecular weight excluding hydrogens is 620 g/mol. The number of nitrogens with one attached hydrogen (secondary N) is 1. The fourth-order valence-electron chi connectivity index (χ4n) is 3.18. The summed E-state index contributed by atoms with van der Waals surface area (Å²) in [5.74, 6) is -0.214. The molecular formula is C29H27FINO5S. The Bertz CT molecular complexity index is 1410. The Morgan fingerprint density at radius 1 is 0.895 bits per heavy atom. The number of hydrogen-bond acceptors (Lipinski definition) is 5. The predicted octanol–water partition coefficient (Wildman–Crippen LogP) is 2.32. The van der Waals surface area contributed by atoms with Gasteiger partial charge in [-0.05, 0) is 61.4 Å². The molecule has 198 valence electrons. The van der Waals surface area contributed by atoms with Crippen LogP contribution in [0.25, 0.3) is 0 Å². The van der Waals surface area contributed by atoms with Crippen LogP contribution in [0.3, 0.4) is 0 Å². The van der Waals surface area contributed by atoms with E-state index in [1.807, 2.05) is 61.5 Å². The molecule has 9 heteroatoms. The predicted molar refractivity (Wildman–Crippen MR) is 138 cm³/mol. The van der Waals surface area contributed by atoms with E-state index in [-0.39, 0.29) is 38.5 Å². The standard InChI is InChI=1S/C22H19FINO2.C7H8O3S/c23-19-10-12-20(13-11-19)24-21-9-5-4-8-18(21)14-15-25-22(26)27-16-17-6-2-1-3-7-17;1-6-2-4-7(5-3-6)11(8,9)10/h1-13H,14-16H2;2-5H,1H3,(H,8,9,10). The van der Waals surface area contributed by atoms with Crippen LogP contribution in [0.1, 0.15) is 16.7 Å². The van der Waals surface area contributed by atoms with E-state index in [1.165, 1.54) is 33.4 Å². The molecule has 1 amide bonds. The zero-order valence-corrected chi connectivity index (χ0v) is 23.6. The van der Waals surface area contributed by atoms with Crippen LogP contribution in [-0.2, 0) is 27.9 Å². The van der Waals surface area contributed by atoms with E-state index in [9.17, 15) is 22.2 Å². The summed E-state index contributed by atoms with van der Waals surface area (Å²) in [6.07, 6.45) is 0.321. The minimum Gasteiger partial charge on any atom is -0.744 e. The van der Waals surface area contributed by atoms with Crippen LogP contribution in [0.15, 0.2) is 108 Å². The van der Waals surface area contributed by atoms with Gasteiger partial charge in [0.2, 0.25) is 0 Å². The molecule has 4 rings (SSSR count). The molecule has 0 atom stereocenters. The Labute approximate surface area is 232 Å². The van der Waals surface area contributed by atoms with Gasteiger partial charge in [0, 0.05) is 12.1 Å². The van der Waals surface area contributed by atoms with E-state index in [1.54, 1.807) is 12.1 Å². The number of amides is 1. The summed E-state index contributed by atoms with van der Waals surface area (Å²) in [6.45, 7) is 2.60. The number of alkyl carbamates (subject to hydrolysis) is 1. The van der Waals surface area contributed by atoms with Crippen molar-refractivity contribution in [1.82, 2.24) is 5.32 Å². The van der Waals surface area contributed by atoms with Crippen molar-refractivity contribution in [2.24, 2.45) is 0 Å². The van der Waals surface area contributed by atoms with Gasteiger partial charge in [-0.1, -0.05) is 66.2 Å². The summed E-state index contributed by atoms with van der Waals surface area (Å²) in [6, 6.07) is 30.3. The smallest absolute Gasteiger partial charge is 0.407 e. The molecule has 6 nitrogen and oxygen atoms in total. The maximum atomic E-state index is 13.1. The van der Waals surface area contributed by atoms with E-state index in [4.69, 9.17) is 4.74 Å². The summed E-state index contributed by atoms with van der Waals surface area (Å²) in [5, 5.41) is 2.80. The maximum absolute atomic E-state index is 13.1. The third kappa shape index (κ3) is 10.2. The summed E-state index contributed by atoms with van der Waals surface area (Å²) < 4.78 is 51.9. The topological polar surface area (TPSA) is 95.5 Å². The molecule has 0 aliphatic rings. The van der Waals surface area contributed by atoms with Crippen molar-refractivity contribution >= 4 is 16.2 Å². The number of halogens is 2. The summed E-state index contributed by atoms with van der Waals surface area (Å²) in [4.78, 5) is 11.7. The first kappa shape index (κ1) is 29.3. The third-order valence-corrected chi connectivity index (χ3v) is 8.98. The van der Waals surface area contributed by atoms with Gasteiger partial charge in [0.15, 0.2) is 7.14 Å². The van der Waals surface area contributed by atoms with Gasteiger partial charge in [-0.2, -0.15) is 0 Å². The van der Waals surface area contributed by atoms with E-state index >= 15 is 0 Å². The average Bonchev–Trinajstić information content (AvgIpc) is 2.90. The minimum absolute atomic E-state index is 0.178. The molecule has 0 unspecified atom stereocenters. The molecule has 0 heterocycles. The first-order chi connectivity index (χ1) is 18.2. The summed E-state index contributed by atoms with van der Waals surface area (Å²) in [7, 11) is -4.27. The number of hydrogen-bond donors (Lipinski definition) is 1. The van der Waals surface area contributed by atoms with Gasteiger partial charge in [-0.3, -0.25) is 0 Å². The van der Waals surface area contributed by atoms with Gasteiger partial charge in [-0.25, -0.2) is 17.6 Å². The monoisotopic (exact) mass is 647 g/mol. The lowest BCUT2D eigenvalue weighted by Gasteiger charge is -2.07. The van der Waals surface area contributed by atoms with Crippen LogP contribution in [0.5, 0.6) is 0 Å². The molecule has 4 aromatic rings. The second kappa shape index (κ2) is 14.6. The number of ether oxygens (including phenoxy) is 1. The van der Waals surface area contributed by atoms with E-state index in [0.29, 0.717) is 6.54 Å². The van der Waals surface area contributed by atoms with Gasteiger partial charge in [0.1, 0.15) is 22.5 Å². The Kier molecular flexibility index (Phi) is 11.3. The second-order valence-corrected chi connectivity index (χ2v) is 12.5. The quantitative estimate of drug-likeness (QED) is 0.234. The Balaban J connectivity index is 0.000000304. The molecule has 1 N–H and O–H groups in total. The van der Waals surface area contributed by atoms with Crippen LogP contribution in [0.4, 0.5) is 9.18 Å². The lowest BCUT2D eigenvalue weighted by Crippen LogP contribution is -3.61. The lowest BCUT2D eigenvalue weighted by molar-refractivity contribution is -0.598. The molecule has 0 bridgehead atoms. The van der Waals surface area contributed by atoms with Crippen molar-refractivity contribution in [1.29, 1.82) is 0 Å². The number of rotatable bonds is 8. The first-order valence-corrected chi connectivity index (χ1v) is 15.2. The molecule has 0 saturated carbocycles. The highest BCUT2D eigenvalue weighted by Gasteiger charge is 2.19. The van der Waals surface area contributed by atoms with Crippen molar-refractivity contribution in [2.75, 3.05) is 6.54 Å². The third-order valence-electron chi connectivity index (χ3n) is 5.16. The molecule has 0 aromatic heterocycles. The number of carbonyl (C=O) groups excluding carboxylic acids is 1. The van der Waals surface area contributed by atoms with Gasteiger partial charge in [0.25, 0.3) is 0 Å². The molecule has 0 spiro atoms. The Hall–Kier alpha value is -3.28. The first-order valence-electron chi connectivity index (χ1n) is 11.7. The maximum Gasteiger partial charge on any atom is 0.407 e. The molecule has 0 fully saturated rings. The molecule has 0 saturated heterocycles. The highest BCUT2D eigenvalue weighted by molar-refractivity contribution is 7.85. The Morgan fingerprint density at radius 2 is 1.53 bits per heavy atom. The van der Waals surface area contributed by atoms with Crippen LogP contribution in [0.2, 0.25) is 0 Å². The lowest BCUT2D eigenvalue weighted by atomic mass is 10.1. The van der Waals surface area contributed by atoms with Gasteiger partial charge < -0.3 is 14.6 Å². The zero-order valence-electron chi connectivity index (χ0n) is 20.6. The van der Waals surface area contributed by atoms with E-state index < -0.39 is 16.2 Å². The van der Waals surface area contributed by atoms with E-state index in [0.717, 1.165) is 21.1 Å². The number of aryl methyl sites for hydroxylation is 1. The van der Waals surface area contributed by atoms with Gasteiger partial charge in [0.05, 0.1) is 4.90 Å². The molecule has 0 aliphatic heterocycles. The fourth-order valence-corrected chi connectivity index (χ4v) is 6.22. The van der Waals surface area contributed by atoms with E-state index in [2.05, 4.69) is 17.4 Å². The minimum atomic E-state index is -4.27. The number of benzene rings is 4. The highest BCUT2D eigenvalue weighted by atomic mass is 127. The average molecular weight is 648 g/mol. The van der Waals surface area contributed by atoms with Crippen LogP contribution < -0.4 is 26.5 Å². The largest absolute Gasteiger partial charge is 0.744 e. The van der Waals surface area contributed by atoms with Crippen molar-refractivity contribution < 1.29 is 48.1 Å². The molecule has 0 radical (unpaired) electrons. The van der Waals surface area contributed by atoms with Gasteiger partial charge in [-0.15, -0.1) is 0 Å². The van der Waals surface area contributed by atoms with Crippen molar-refractivity contribution in [3.05, 3.63) is 133 Å². The van der Waals surface area contributed by atoms with Gasteiger partial charge >= 0.3 is 27.3 Å². The van der Waals surface area contributed by atoms with Crippen LogP contribution in [-0.4, -0.2) is 25.6 Å². The zero-order chi connectivity index (χ0) is 27.4. The van der Waals surface area contributed by atoms with Crippen molar-refractivity contribution in [3.8, 4) is 0 Å². The Morgan fingerprint density at radius 3 is 2.18 bits per heavy atom. The van der Waals surface area contributed by atoms with Crippen molar-refractivity contribution in [2.45, 2.75) is 24.8 Å². The molecule has 0 aliphatic carbocycles.